The van der Waals surface area contributed by atoms with Crippen LogP contribution in [-0.4, -0.2) is 68.7 Å². The summed E-state index contributed by atoms with van der Waals surface area (Å²) in [6.45, 7) is 6.07. The van der Waals surface area contributed by atoms with Crippen LogP contribution in [0.4, 0.5) is 16.2 Å². The van der Waals surface area contributed by atoms with Crippen LogP contribution in [0, 0.1) is 0 Å². The van der Waals surface area contributed by atoms with E-state index in [9.17, 15) is 9.59 Å². The fraction of sp³-hybridized carbons (Fsp3) is 0.600. The van der Waals surface area contributed by atoms with Crippen molar-refractivity contribution in [1.82, 2.24) is 15.5 Å². The van der Waals surface area contributed by atoms with E-state index in [-0.39, 0.29) is 11.9 Å². The van der Waals surface area contributed by atoms with Crippen molar-refractivity contribution in [2.24, 2.45) is 0 Å². The minimum Gasteiger partial charge on any atom is -0.371 e. The van der Waals surface area contributed by atoms with Crippen molar-refractivity contribution in [3.05, 3.63) is 24.3 Å². The van der Waals surface area contributed by atoms with Gasteiger partial charge in [-0.15, -0.1) is 0 Å². The Morgan fingerprint density at radius 3 is 2.59 bits per heavy atom. The molecule has 0 radical (unpaired) electrons. The molecule has 0 unspecified atom stereocenters. The first-order chi connectivity index (χ1) is 13.2. The molecule has 3 fully saturated rings. The Morgan fingerprint density at radius 2 is 1.89 bits per heavy atom. The number of urea groups is 1. The van der Waals surface area contributed by atoms with Gasteiger partial charge in [-0.3, -0.25) is 4.79 Å². The molecule has 1 aromatic carbocycles. The molecule has 3 aliphatic heterocycles. The highest BCUT2D eigenvalue weighted by molar-refractivity contribution is 5.95. The number of carbonyl (C=O) groups excluding carboxylic acids is 2. The normalized spacial score (nSPS) is 21.3. The van der Waals surface area contributed by atoms with Crippen LogP contribution in [-0.2, 0) is 4.79 Å². The van der Waals surface area contributed by atoms with E-state index in [0.29, 0.717) is 12.5 Å². The second kappa shape index (κ2) is 8.17. The van der Waals surface area contributed by atoms with E-state index in [1.165, 1.54) is 5.69 Å². The molecular weight excluding hydrogens is 342 g/mol. The predicted octanol–water partition coefficient (Wildman–Crippen LogP) is 1.40. The van der Waals surface area contributed by atoms with Gasteiger partial charge >= 0.3 is 6.03 Å². The van der Waals surface area contributed by atoms with Crippen molar-refractivity contribution in [2.75, 3.05) is 55.6 Å². The standard InChI is InChI=1S/C20H29N5O2/c26-19-5-2-10-25(19)18-4-1-3-17(15-18)23-11-6-16(7-12-23)21-8-13-24-14-9-22-20(24)27/h1,3-4,15-16,21H,2,5-14H2,(H,22,27). The highest BCUT2D eigenvalue weighted by Crippen LogP contribution is 2.27. The minimum atomic E-state index is 0.0583. The third-order valence-corrected chi connectivity index (χ3v) is 5.83. The van der Waals surface area contributed by atoms with Gasteiger partial charge < -0.3 is 25.3 Å². The zero-order chi connectivity index (χ0) is 18.6. The average molecular weight is 371 g/mol. The Bertz CT molecular complexity index is 687. The van der Waals surface area contributed by atoms with Crippen molar-refractivity contribution >= 4 is 23.3 Å². The number of nitrogens with zero attached hydrogens (tertiary/aromatic N) is 3. The van der Waals surface area contributed by atoms with Gasteiger partial charge in [0.15, 0.2) is 0 Å². The number of hydrogen-bond donors (Lipinski definition) is 2. The van der Waals surface area contributed by atoms with Crippen LogP contribution in [0.5, 0.6) is 0 Å². The van der Waals surface area contributed by atoms with Crippen LogP contribution in [0.3, 0.4) is 0 Å². The predicted molar refractivity (Wildman–Crippen MR) is 106 cm³/mol. The first kappa shape index (κ1) is 18.1. The van der Waals surface area contributed by atoms with Gasteiger partial charge in [-0.25, -0.2) is 4.79 Å². The topological polar surface area (TPSA) is 67.9 Å². The number of carbonyl (C=O) groups is 2. The average Bonchev–Trinajstić information content (AvgIpc) is 3.31. The molecule has 7 heteroatoms. The maximum atomic E-state index is 12.0. The number of nitrogens with one attached hydrogen (secondary N) is 2. The first-order valence-electron chi connectivity index (χ1n) is 10.1. The molecule has 0 aliphatic carbocycles. The van der Waals surface area contributed by atoms with Gasteiger partial charge in [0.1, 0.15) is 0 Å². The summed E-state index contributed by atoms with van der Waals surface area (Å²) in [6, 6.07) is 8.96. The zero-order valence-corrected chi connectivity index (χ0v) is 15.8. The summed E-state index contributed by atoms with van der Waals surface area (Å²) in [5, 5.41) is 6.44. The van der Waals surface area contributed by atoms with Gasteiger partial charge in [-0.05, 0) is 37.5 Å². The summed E-state index contributed by atoms with van der Waals surface area (Å²) in [5.74, 6) is 0.238. The Labute approximate surface area is 160 Å². The molecule has 3 heterocycles. The van der Waals surface area contributed by atoms with E-state index in [1.54, 1.807) is 0 Å². The highest BCUT2D eigenvalue weighted by atomic mass is 16.2. The van der Waals surface area contributed by atoms with Crippen LogP contribution in [0.2, 0.25) is 0 Å². The quantitative estimate of drug-likeness (QED) is 0.793. The maximum Gasteiger partial charge on any atom is 0.317 e. The number of rotatable bonds is 6. The molecule has 3 amide bonds. The van der Waals surface area contributed by atoms with Crippen molar-refractivity contribution in [1.29, 1.82) is 0 Å². The lowest BCUT2D eigenvalue weighted by Gasteiger charge is -2.34. The summed E-state index contributed by atoms with van der Waals surface area (Å²) in [5.41, 5.74) is 2.23. The van der Waals surface area contributed by atoms with Crippen molar-refractivity contribution in [3.8, 4) is 0 Å². The van der Waals surface area contributed by atoms with Crippen molar-refractivity contribution < 1.29 is 9.59 Å². The minimum absolute atomic E-state index is 0.0583. The third-order valence-electron chi connectivity index (χ3n) is 5.83. The Balaban J connectivity index is 1.25. The Kier molecular flexibility index (Phi) is 5.48. The molecular formula is C20H29N5O2. The van der Waals surface area contributed by atoms with E-state index in [4.69, 9.17) is 0 Å². The number of benzene rings is 1. The van der Waals surface area contributed by atoms with Crippen molar-refractivity contribution in [2.45, 2.75) is 31.7 Å². The molecule has 0 atom stereocenters. The lowest BCUT2D eigenvalue weighted by molar-refractivity contribution is -0.117. The zero-order valence-electron chi connectivity index (χ0n) is 15.8. The molecule has 2 N–H and O–H groups in total. The monoisotopic (exact) mass is 371 g/mol. The van der Waals surface area contributed by atoms with Gasteiger partial charge in [-0.2, -0.15) is 0 Å². The molecule has 3 saturated heterocycles. The van der Waals surface area contributed by atoms with E-state index in [2.05, 4.69) is 33.7 Å². The number of anilines is 2. The maximum absolute atomic E-state index is 12.0. The highest BCUT2D eigenvalue weighted by Gasteiger charge is 2.24. The lowest BCUT2D eigenvalue weighted by atomic mass is 10.0. The van der Waals surface area contributed by atoms with Crippen LogP contribution in [0.25, 0.3) is 0 Å². The molecule has 4 rings (SSSR count). The fourth-order valence-electron chi connectivity index (χ4n) is 4.25. The molecule has 3 aliphatic rings. The molecule has 0 bridgehead atoms. The van der Waals surface area contributed by atoms with Crippen LogP contribution >= 0.6 is 0 Å². The van der Waals surface area contributed by atoms with Crippen LogP contribution < -0.4 is 20.4 Å². The molecule has 146 valence electrons. The Hall–Kier alpha value is -2.28. The van der Waals surface area contributed by atoms with E-state index in [0.717, 1.165) is 70.8 Å². The van der Waals surface area contributed by atoms with E-state index >= 15 is 0 Å². The second-order valence-corrected chi connectivity index (χ2v) is 7.60. The molecule has 1 aromatic rings. The summed E-state index contributed by atoms with van der Waals surface area (Å²) in [4.78, 5) is 29.7. The van der Waals surface area contributed by atoms with Crippen molar-refractivity contribution in [3.63, 3.8) is 0 Å². The van der Waals surface area contributed by atoms with Gasteiger partial charge in [-0.1, -0.05) is 6.07 Å². The third kappa shape index (κ3) is 4.18. The number of hydrogen-bond acceptors (Lipinski definition) is 4. The lowest BCUT2D eigenvalue weighted by Crippen LogP contribution is -2.45. The molecule has 27 heavy (non-hydrogen) atoms. The SMILES string of the molecule is O=C1NCCN1CCNC1CCN(c2cccc(N3CCCC3=O)c2)CC1. The summed E-state index contributed by atoms with van der Waals surface area (Å²) in [6.07, 6.45) is 3.82. The smallest absolute Gasteiger partial charge is 0.317 e. The van der Waals surface area contributed by atoms with Crippen LogP contribution in [0.1, 0.15) is 25.7 Å². The first-order valence-corrected chi connectivity index (χ1v) is 10.1. The molecule has 0 spiro atoms. The number of piperidine rings is 1. The summed E-state index contributed by atoms with van der Waals surface area (Å²) >= 11 is 0. The van der Waals surface area contributed by atoms with Gasteiger partial charge in [0, 0.05) is 69.7 Å². The van der Waals surface area contributed by atoms with Gasteiger partial charge in [0.05, 0.1) is 0 Å². The van der Waals surface area contributed by atoms with E-state index in [1.807, 2.05) is 15.9 Å². The van der Waals surface area contributed by atoms with Gasteiger partial charge in [0.2, 0.25) is 5.91 Å². The van der Waals surface area contributed by atoms with Crippen LogP contribution in [0.15, 0.2) is 24.3 Å². The fourth-order valence-corrected chi connectivity index (χ4v) is 4.25. The second-order valence-electron chi connectivity index (χ2n) is 7.60. The number of amides is 3. The largest absolute Gasteiger partial charge is 0.371 e. The summed E-state index contributed by atoms with van der Waals surface area (Å²) in [7, 11) is 0. The molecule has 0 saturated carbocycles. The molecule has 0 aromatic heterocycles. The van der Waals surface area contributed by atoms with E-state index < -0.39 is 0 Å². The Morgan fingerprint density at radius 1 is 1.07 bits per heavy atom. The summed E-state index contributed by atoms with van der Waals surface area (Å²) < 4.78 is 0. The molecule has 7 nitrogen and oxygen atoms in total. The van der Waals surface area contributed by atoms with Gasteiger partial charge in [0.25, 0.3) is 0 Å².